The molecule has 1 N–H and O–H groups in total. The molecule has 0 aromatic carbocycles. The molecule has 14 heavy (non-hydrogen) atoms. The van der Waals surface area contributed by atoms with Gasteiger partial charge in [0.25, 0.3) is 0 Å². The summed E-state index contributed by atoms with van der Waals surface area (Å²) in [6.45, 7) is 5.07. The summed E-state index contributed by atoms with van der Waals surface area (Å²) in [7, 11) is -1.15. The number of rotatable bonds is 8. The van der Waals surface area contributed by atoms with Crippen LogP contribution in [0.3, 0.4) is 0 Å². The maximum Gasteiger partial charge on any atom is 0.150 e. The minimum absolute atomic E-state index is 0.237. The second kappa shape index (κ2) is 7.20. The fourth-order valence-corrected chi connectivity index (χ4v) is 1.97. The first-order chi connectivity index (χ1) is 6.52. The number of methoxy groups -OCH3 is 1. The third-order valence-electron chi connectivity index (χ3n) is 1.98. The van der Waals surface area contributed by atoms with Gasteiger partial charge in [-0.25, -0.2) is 8.42 Å². The summed E-state index contributed by atoms with van der Waals surface area (Å²) in [5.41, 5.74) is 0. The van der Waals surface area contributed by atoms with Crippen LogP contribution in [0.4, 0.5) is 0 Å². The number of sulfone groups is 1. The molecule has 1 unspecified atom stereocenters. The largest absolute Gasteiger partial charge is 0.383 e. The van der Waals surface area contributed by atoms with Gasteiger partial charge in [-0.1, -0.05) is 6.92 Å². The van der Waals surface area contributed by atoms with Gasteiger partial charge in [0, 0.05) is 18.9 Å². The first-order valence-corrected chi connectivity index (χ1v) is 6.76. The fraction of sp³-hybridized carbons (Fsp3) is 1.00. The van der Waals surface area contributed by atoms with Gasteiger partial charge in [0.2, 0.25) is 0 Å². The van der Waals surface area contributed by atoms with E-state index in [-0.39, 0.29) is 17.5 Å². The van der Waals surface area contributed by atoms with Crippen molar-refractivity contribution in [1.82, 2.24) is 5.32 Å². The van der Waals surface area contributed by atoms with Gasteiger partial charge in [-0.3, -0.25) is 0 Å². The minimum atomic E-state index is -2.80. The van der Waals surface area contributed by atoms with E-state index in [9.17, 15) is 8.42 Å². The molecule has 0 aliphatic rings. The zero-order valence-corrected chi connectivity index (χ0v) is 10.1. The van der Waals surface area contributed by atoms with Crippen molar-refractivity contribution in [2.75, 3.05) is 31.8 Å². The predicted octanol–water partition coefficient (Wildman–Crippen LogP) is 0.436. The lowest BCUT2D eigenvalue weighted by atomic mass is 10.3. The molecular formula is C9H21NO3S. The van der Waals surface area contributed by atoms with Crippen LogP contribution in [0.1, 0.15) is 20.3 Å². The fourth-order valence-electron chi connectivity index (χ4n) is 1.09. The molecule has 5 heteroatoms. The molecule has 0 fully saturated rings. The van der Waals surface area contributed by atoms with E-state index >= 15 is 0 Å². The molecule has 4 nitrogen and oxygen atoms in total. The van der Waals surface area contributed by atoms with Crippen molar-refractivity contribution in [3.05, 3.63) is 0 Å². The van der Waals surface area contributed by atoms with Crippen LogP contribution in [-0.2, 0) is 14.6 Å². The zero-order chi connectivity index (χ0) is 11.0. The minimum Gasteiger partial charge on any atom is -0.383 e. The Labute approximate surface area is 86.9 Å². The Morgan fingerprint density at radius 3 is 2.57 bits per heavy atom. The van der Waals surface area contributed by atoms with Gasteiger partial charge in [0.05, 0.1) is 12.4 Å². The van der Waals surface area contributed by atoms with Crippen molar-refractivity contribution >= 4 is 9.84 Å². The Morgan fingerprint density at radius 1 is 1.43 bits per heavy atom. The number of ether oxygens (including phenoxy) is 1. The molecule has 0 rings (SSSR count). The number of hydrogen-bond acceptors (Lipinski definition) is 4. The molecule has 1 atom stereocenters. The van der Waals surface area contributed by atoms with Crippen LogP contribution in [0.25, 0.3) is 0 Å². The normalized spacial score (nSPS) is 14.2. The highest BCUT2D eigenvalue weighted by Crippen LogP contribution is 1.93. The van der Waals surface area contributed by atoms with Crippen molar-refractivity contribution < 1.29 is 13.2 Å². The molecular weight excluding hydrogens is 202 g/mol. The summed E-state index contributed by atoms with van der Waals surface area (Å²) >= 11 is 0. The SMILES string of the molecule is CCS(=O)(=O)CCCNC(C)COC. The average molecular weight is 223 g/mol. The molecule has 0 heterocycles. The summed E-state index contributed by atoms with van der Waals surface area (Å²) in [6, 6.07) is 0.282. The van der Waals surface area contributed by atoms with Crippen molar-refractivity contribution in [2.45, 2.75) is 26.3 Å². The lowest BCUT2D eigenvalue weighted by molar-refractivity contribution is 0.172. The van der Waals surface area contributed by atoms with Crippen molar-refractivity contribution in [3.8, 4) is 0 Å². The molecule has 86 valence electrons. The van der Waals surface area contributed by atoms with Gasteiger partial charge in [0.1, 0.15) is 9.84 Å². The molecule has 0 aromatic rings. The van der Waals surface area contributed by atoms with E-state index < -0.39 is 9.84 Å². The summed E-state index contributed by atoms with van der Waals surface area (Å²) in [5.74, 6) is 0.511. The highest BCUT2D eigenvalue weighted by atomic mass is 32.2. The Morgan fingerprint density at radius 2 is 2.07 bits per heavy atom. The second-order valence-electron chi connectivity index (χ2n) is 3.40. The maximum absolute atomic E-state index is 11.1. The molecule has 0 radical (unpaired) electrons. The number of hydrogen-bond donors (Lipinski definition) is 1. The molecule has 0 aliphatic heterocycles. The van der Waals surface area contributed by atoms with Gasteiger partial charge in [-0.2, -0.15) is 0 Å². The smallest absolute Gasteiger partial charge is 0.150 e. The molecule has 0 aromatic heterocycles. The summed E-state index contributed by atoms with van der Waals surface area (Å²) in [5, 5.41) is 3.19. The van der Waals surface area contributed by atoms with Crippen LogP contribution in [0.2, 0.25) is 0 Å². The predicted molar refractivity (Wildman–Crippen MR) is 58.3 cm³/mol. The molecule has 0 aliphatic carbocycles. The molecule has 0 saturated heterocycles. The second-order valence-corrected chi connectivity index (χ2v) is 5.87. The standard InChI is InChI=1S/C9H21NO3S/c1-4-14(11,12)7-5-6-10-9(2)8-13-3/h9-10H,4-8H2,1-3H3. The Kier molecular flexibility index (Phi) is 7.13. The highest BCUT2D eigenvalue weighted by molar-refractivity contribution is 7.91. The van der Waals surface area contributed by atoms with E-state index in [1.54, 1.807) is 14.0 Å². The summed E-state index contributed by atoms with van der Waals surface area (Å²) < 4.78 is 27.2. The lowest BCUT2D eigenvalue weighted by Gasteiger charge is -2.11. The van der Waals surface area contributed by atoms with Gasteiger partial charge >= 0.3 is 0 Å². The quantitative estimate of drug-likeness (QED) is 0.607. The van der Waals surface area contributed by atoms with Crippen molar-refractivity contribution in [2.24, 2.45) is 0 Å². The first kappa shape index (κ1) is 13.9. The van der Waals surface area contributed by atoms with Crippen LogP contribution in [0.5, 0.6) is 0 Å². The van der Waals surface area contributed by atoms with Crippen LogP contribution < -0.4 is 5.32 Å². The van der Waals surface area contributed by atoms with E-state index in [0.717, 1.165) is 6.54 Å². The highest BCUT2D eigenvalue weighted by Gasteiger charge is 2.06. The monoisotopic (exact) mass is 223 g/mol. The van der Waals surface area contributed by atoms with Gasteiger partial charge < -0.3 is 10.1 Å². The third-order valence-corrected chi connectivity index (χ3v) is 3.77. The Bertz CT molecular complexity index is 226. The maximum atomic E-state index is 11.1. The Hall–Kier alpha value is -0.130. The van der Waals surface area contributed by atoms with E-state index in [0.29, 0.717) is 13.0 Å². The lowest BCUT2D eigenvalue weighted by Crippen LogP contribution is -2.31. The molecule has 0 bridgehead atoms. The van der Waals surface area contributed by atoms with Crippen LogP contribution in [-0.4, -0.2) is 46.2 Å². The van der Waals surface area contributed by atoms with Crippen molar-refractivity contribution in [3.63, 3.8) is 0 Å². The van der Waals surface area contributed by atoms with E-state index in [2.05, 4.69) is 5.32 Å². The number of nitrogens with one attached hydrogen (secondary N) is 1. The summed E-state index contributed by atoms with van der Waals surface area (Å²) in [4.78, 5) is 0. The molecule has 0 saturated carbocycles. The third kappa shape index (κ3) is 7.29. The summed E-state index contributed by atoms with van der Waals surface area (Å²) in [6.07, 6.45) is 0.671. The first-order valence-electron chi connectivity index (χ1n) is 4.94. The zero-order valence-electron chi connectivity index (χ0n) is 9.25. The topological polar surface area (TPSA) is 55.4 Å². The van der Waals surface area contributed by atoms with E-state index in [4.69, 9.17) is 4.74 Å². The van der Waals surface area contributed by atoms with E-state index in [1.807, 2.05) is 6.92 Å². The van der Waals surface area contributed by atoms with Crippen molar-refractivity contribution in [1.29, 1.82) is 0 Å². The van der Waals surface area contributed by atoms with E-state index in [1.165, 1.54) is 0 Å². The molecule has 0 amide bonds. The van der Waals surface area contributed by atoms with Crippen LogP contribution in [0.15, 0.2) is 0 Å². The molecule has 0 spiro atoms. The Balaban J connectivity index is 3.47. The average Bonchev–Trinajstić information content (AvgIpc) is 2.13. The van der Waals surface area contributed by atoms with Gasteiger partial charge in [-0.15, -0.1) is 0 Å². The van der Waals surface area contributed by atoms with Crippen LogP contribution >= 0.6 is 0 Å². The van der Waals surface area contributed by atoms with Gasteiger partial charge in [-0.05, 0) is 19.9 Å². The van der Waals surface area contributed by atoms with Crippen LogP contribution in [0, 0.1) is 0 Å². The van der Waals surface area contributed by atoms with Gasteiger partial charge in [0.15, 0.2) is 0 Å².